The van der Waals surface area contributed by atoms with Crippen LogP contribution in [0.2, 0.25) is 0 Å². The number of methoxy groups -OCH3 is 1. The van der Waals surface area contributed by atoms with Crippen LogP contribution in [0, 0.1) is 6.92 Å². The average Bonchev–Trinajstić information content (AvgIpc) is 3.33. The Labute approximate surface area is 175 Å². The maximum absolute atomic E-state index is 12.9. The number of rotatable bonds is 5. The normalized spacial score (nSPS) is 17.6. The van der Waals surface area contributed by atoms with E-state index in [2.05, 4.69) is 10.4 Å². The number of nitrogens with one attached hydrogen (secondary N) is 1. The number of para-hydroxylation sites is 1. The van der Waals surface area contributed by atoms with E-state index >= 15 is 0 Å². The molecule has 1 amide bonds. The first-order valence-corrected chi connectivity index (χ1v) is 11.5. The van der Waals surface area contributed by atoms with Crippen molar-refractivity contribution >= 4 is 21.4 Å². The summed E-state index contributed by atoms with van der Waals surface area (Å²) in [6.45, 7) is 1.92. The molecule has 1 N–H and O–H groups in total. The van der Waals surface area contributed by atoms with Crippen LogP contribution >= 0.6 is 0 Å². The molecule has 1 aliphatic rings. The molecule has 7 nitrogen and oxygen atoms in total. The number of aryl methyl sites for hydroxylation is 1. The van der Waals surface area contributed by atoms with Crippen molar-refractivity contribution in [3.8, 4) is 17.0 Å². The minimum absolute atomic E-state index is 0.0245. The topological polar surface area (TPSA) is 90.3 Å². The zero-order chi connectivity index (χ0) is 21.3. The Morgan fingerprint density at radius 1 is 1.17 bits per heavy atom. The van der Waals surface area contributed by atoms with Crippen LogP contribution in [0.15, 0.2) is 54.6 Å². The van der Waals surface area contributed by atoms with E-state index in [9.17, 15) is 13.2 Å². The number of carbonyl (C=O) groups is 1. The molecule has 2 aromatic carbocycles. The van der Waals surface area contributed by atoms with Crippen molar-refractivity contribution in [2.24, 2.45) is 0 Å². The standard InChI is InChI=1S/C22H23N3O4S/c1-15-5-3-4-6-19(15)23-22(26)20-13-21(16-7-9-18(29-2)10-8-16)25(24-20)17-11-12-30(27,28)14-17/h3-10,13,17H,11-12,14H2,1-2H3,(H,23,26). The lowest BCUT2D eigenvalue weighted by Gasteiger charge is -2.13. The minimum atomic E-state index is -3.10. The third kappa shape index (κ3) is 4.09. The molecular weight excluding hydrogens is 402 g/mol. The molecule has 1 unspecified atom stereocenters. The van der Waals surface area contributed by atoms with E-state index in [0.29, 0.717) is 23.6 Å². The first-order chi connectivity index (χ1) is 14.4. The molecule has 1 atom stereocenters. The Bertz CT molecular complexity index is 1180. The van der Waals surface area contributed by atoms with Gasteiger partial charge in [-0.3, -0.25) is 9.48 Å². The van der Waals surface area contributed by atoms with E-state index in [-0.39, 0.29) is 29.1 Å². The molecular formula is C22H23N3O4S. The van der Waals surface area contributed by atoms with Gasteiger partial charge in [0.05, 0.1) is 30.4 Å². The Morgan fingerprint density at radius 3 is 2.53 bits per heavy atom. The smallest absolute Gasteiger partial charge is 0.276 e. The van der Waals surface area contributed by atoms with Crippen molar-refractivity contribution < 1.29 is 17.9 Å². The molecule has 1 aromatic heterocycles. The van der Waals surface area contributed by atoms with Crippen LogP contribution in [0.1, 0.15) is 28.5 Å². The molecule has 2 heterocycles. The number of ether oxygens (including phenoxy) is 1. The highest BCUT2D eigenvalue weighted by molar-refractivity contribution is 7.91. The predicted octanol–water partition coefficient (Wildman–Crippen LogP) is 3.48. The van der Waals surface area contributed by atoms with E-state index < -0.39 is 9.84 Å². The Morgan fingerprint density at radius 2 is 1.90 bits per heavy atom. The SMILES string of the molecule is COc1ccc(-c2cc(C(=O)Nc3ccccc3C)nn2C2CCS(=O)(=O)C2)cc1. The van der Waals surface area contributed by atoms with Crippen LogP contribution < -0.4 is 10.1 Å². The molecule has 0 bridgehead atoms. The summed E-state index contributed by atoms with van der Waals surface area (Å²) in [7, 11) is -1.51. The number of hydrogen-bond acceptors (Lipinski definition) is 5. The van der Waals surface area contributed by atoms with Crippen LogP contribution in [0.4, 0.5) is 5.69 Å². The number of amides is 1. The van der Waals surface area contributed by atoms with Crippen molar-refractivity contribution in [2.45, 2.75) is 19.4 Å². The zero-order valence-electron chi connectivity index (χ0n) is 16.8. The van der Waals surface area contributed by atoms with Crippen LogP contribution in [-0.4, -0.2) is 42.7 Å². The van der Waals surface area contributed by atoms with Gasteiger partial charge in [-0.05, 0) is 55.3 Å². The van der Waals surface area contributed by atoms with Gasteiger partial charge in [0, 0.05) is 11.3 Å². The van der Waals surface area contributed by atoms with Crippen molar-refractivity contribution in [2.75, 3.05) is 23.9 Å². The number of benzene rings is 2. The number of sulfone groups is 1. The van der Waals surface area contributed by atoms with Gasteiger partial charge in [0.2, 0.25) is 0 Å². The van der Waals surface area contributed by atoms with Crippen molar-refractivity contribution in [3.05, 3.63) is 65.9 Å². The van der Waals surface area contributed by atoms with Crippen LogP contribution in [0.5, 0.6) is 5.75 Å². The van der Waals surface area contributed by atoms with Gasteiger partial charge in [0.15, 0.2) is 15.5 Å². The number of nitrogens with zero attached hydrogens (tertiary/aromatic N) is 2. The highest BCUT2D eigenvalue weighted by Crippen LogP contribution is 2.31. The van der Waals surface area contributed by atoms with E-state index in [1.165, 1.54) is 0 Å². The van der Waals surface area contributed by atoms with Gasteiger partial charge in [0.25, 0.3) is 5.91 Å². The molecule has 0 saturated carbocycles. The summed E-state index contributed by atoms with van der Waals surface area (Å²) in [5.74, 6) is 0.533. The molecule has 8 heteroatoms. The van der Waals surface area contributed by atoms with Gasteiger partial charge in [-0.15, -0.1) is 0 Å². The van der Waals surface area contributed by atoms with Crippen LogP contribution in [-0.2, 0) is 9.84 Å². The van der Waals surface area contributed by atoms with Gasteiger partial charge < -0.3 is 10.1 Å². The summed E-state index contributed by atoms with van der Waals surface area (Å²) in [6, 6.07) is 16.3. The molecule has 0 spiro atoms. The average molecular weight is 426 g/mol. The summed E-state index contributed by atoms with van der Waals surface area (Å²) >= 11 is 0. The number of hydrogen-bond donors (Lipinski definition) is 1. The molecule has 1 aliphatic heterocycles. The van der Waals surface area contributed by atoms with Gasteiger partial charge in [-0.1, -0.05) is 18.2 Å². The fraction of sp³-hybridized carbons (Fsp3) is 0.273. The largest absolute Gasteiger partial charge is 0.497 e. The molecule has 1 fully saturated rings. The number of anilines is 1. The van der Waals surface area contributed by atoms with Crippen molar-refractivity contribution in [3.63, 3.8) is 0 Å². The van der Waals surface area contributed by atoms with Crippen LogP contribution in [0.3, 0.4) is 0 Å². The van der Waals surface area contributed by atoms with E-state index in [1.807, 2.05) is 55.5 Å². The van der Waals surface area contributed by atoms with Gasteiger partial charge in [-0.2, -0.15) is 5.10 Å². The number of carbonyl (C=O) groups excluding carboxylic acids is 1. The molecule has 3 aromatic rings. The van der Waals surface area contributed by atoms with Crippen LogP contribution in [0.25, 0.3) is 11.3 Å². The highest BCUT2D eigenvalue weighted by Gasteiger charge is 2.32. The molecule has 0 aliphatic carbocycles. The third-order valence-electron chi connectivity index (χ3n) is 5.30. The molecule has 30 heavy (non-hydrogen) atoms. The Hall–Kier alpha value is -3.13. The third-order valence-corrected chi connectivity index (χ3v) is 7.05. The first-order valence-electron chi connectivity index (χ1n) is 9.68. The minimum Gasteiger partial charge on any atom is -0.497 e. The second-order valence-corrected chi connectivity index (χ2v) is 9.64. The zero-order valence-corrected chi connectivity index (χ0v) is 17.6. The highest BCUT2D eigenvalue weighted by atomic mass is 32.2. The lowest BCUT2D eigenvalue weighted by atomic mass is 10.1. The molecule has 156 valence electrons. The van der Waals surface area contributed by atoms with Crippen molar-refractivity contribution in [1.82, 2.24) is 9.78 Å². The van der Waals surface area contributed by atoms with E-state index in [1.54, 1.807) is 17.9 Å². The summed E-state index contributed by atoms with van der Waals surface area (Å²) in [4.78, 5) is 12.9. The van der Waals surface area contributed by atoms with E-state index in [4.69, 9.17) is 4.74 Å². The first kappa shape index (κ1) is 20.2. The van der Waals surface area contributed by atoms with Gasteiger partial charge in [-0.25, -0.2) is 8.42 Å². The second-order valence-electron chi connectivity index (χ2n) is 7.41. The molecule has 1 saturated heterocycles. The summed E-state index contributed by atoms with van der Waals surface area (Å²) in [5, 5.41) is 7.40. The quantitative estimate of drug-likeness (QED) is 0.676. The monoisotopic (exact) mass is 425 g/mol. The Kier molecular flexibility index (Phi) is 5.34. The lowest BCUT2D eigenvalue weighted by molar-refractivity contribution is 0.102. The van der Waals surface area contributed by atoms with Crippen molar-refractivity contribution in [1.29, 1.82) is 0 Å². The second kappa shape index (κ2) is 7.95. The number of aromatic nitrogens is 2. The molecule has 0 radical (unpaired) electrons. The summed E-state index contributed by atoms with van der Waals surface area (Å²) < 4.78 is 31.0. The van der Waals surface area contributed by atoms with Gasteiger partial charge >= 0.3 is 0 Å². The fourth-order valence-corrected chi connectivity index (χ4v) is 5.32. The van der Waals surface area contributed by atoms with E-state index in [0.717, 1.165) is 11.1 Å². The summed E-state index contributed by atoms with van der Waals surface area (Å²) in [6.07, 6.45) is 0.478. The lowest BCUT2D eigenvalue weighted by Crippen LogP contribution is -2.17. The maximum Gasteiger partial charge on any atom is 0.276 e. The maximum atomic E-state index is 12.9. The predicted molar refractivity (Wildman–Crippen MR) is 116 cm³/mol. The molecule has 4 rings (SSSR count). The van der Waals surface area contributed by atoms with Gasteiger partial charge in [0.1, 0.15) is 5.75 Å². The Balaban J connectivity index is 1.71. The summed E-state index contributed by atoms with van der Waals surface area (Å²) in [5.41, 5.74) is 3.44. The fourth-order valence-electron chi connectivity index (χ4n) is 3.63.